The predicted octanol–water partition coefficient (Wildman–Crippen LogP) is 3.73. The topological polar surface area (TPSA) is 41.1 Å². The molecule has 0 radical (unpaired) electrons. The lowest BCUT2D eigenvalue weighted by atomic mass is 9.84. The van der Waals surface area contributed by atoms with E-state index in [9.17, 15) is 4.79 Å². The molecule has 21 heavy (non-hydrogen) atoms. The number of hydrogen-bond acceptors (Lipinski definition) is 2. The van der Waals surface area contributed by atoms with Gasteiger partial charge in [0, 0.05) is 18.7 Å². The van der Waals surface area contributed by atoms with Gasteiger partial charge < -0.3 is 10.6 Å². The van der Waals surface area contributed by atoms with Crippen LogP contribution in [0, 0.1) is 11.3 Å². The molecule has 1 aliphatic heterocycles. The molecule has 3 heteroatoms. The summed E-state index contributed by atoms with van der Waals surface area (Å²) in [6.07, 6.45) is 2.70. The third-order valence-electron chi connectivity index (χ3n) is 3.91. The number of anilines is 1. The molecule has 3 nitrogen and oxygen atoms in total. The van der Waals surface area contributed by atoms with E-state index in [0.717, 1.165) is 31.6 Å². The Morgan fingerprint density at radius 2 is 2.14 bits per heavy atom. The number of hydrogen-bond donors (Lipinski definition) is 2. The minimum Gasteiger partial charge on any atom is -0.326 e. The number of fused-ring (bicyclic) bond motifs is 1. The first kappa shape index (κ1) is 16.0. The van der Waals surface area contributed by atoms with Gasteiger partial charge >= 0.3 is 0 Å². The number of carbonyl (C=O) groups excluding carboxylic acids is 1. The molecule has 0 fully saturated rings. The summed E-state index contributed by atoms with van der Waals surface area (Å²) in [4.78, 5) is 12.3. The SMILES string of the molecule is CC(CC(=O)Nc1cccc2c1CNCC2)CC(C)(C)C. The molecule has 0 bridgehead atoms. The van der Waals surface area contributed by atoms with Gasteiger partial charge in [0.05, 0.1) is 0 Å². The van der Waals surface area contributed by atoms with E-state index < -0.39 is 0 Å². The lowest BCUT2D eigenvalue weighted by Gasteiger charge is -2.24. The summed E-state index contributed by atoms with van der Waals surface area (Å²) in [6, 6.07) is 6.21. The molecule has 116 valence electrons. The van der Waals surface area contributed by atoms with Gasteiger partial charge in [-0.25, -0.2) is 0 Å². The smallest absolute Gasteiger partial charge is 0.224 e. The Balaban J connectivity index is 1.97. The molecule has 0 saturated heterocycles. The van der Waals surface area contributed by atoms with Crippen LogP contribution in [-0.2, 0) is 17.8 Å². The van der Waals surface area contributed by atoms with Crippen molar-refractivity contribution in [3.8, 4) is 0 Å². The Labute approximate surface area is 128 Å². The molecule has 1 aliphatic rings. The van der Waals surface area contributed by atoms with Crippen molar-refractivity contribution in [2.75, 3.05) is 11.9 Å². The highest BCUT2D eigenvalue weighted by molar-refractivity contribution is 5.91. The third kappa shape index (κ3) is 4.85. The van der Waals surface area contributed by atoms with Crippen molar-refractivity contribution in [1.82, 2.24) is 5.32 Å². The summed E-state index contributed by atoms with van der Waals surface area (Å²) < 4.78 is 0. The normalized spacial score (nSPS) is 16.2. The average Bonchev–Trinajstić information content (AvgIpc) is 2.36. The maximum absolute atomic E-state index is 12.3. The van der Waals surface area contributed by atoms with Gasteiger partial charge in [-0.1, -0.05) is 39.8 Å². The molecule has 1 amide bonds. The van der Waals surface area contributed by atoms with Gasteiger partial charge in [0.15, 0.2) is 0 Å². The van der Waals surface area contributed by atoms with Crippen LogP contribution in [0.2, 0.25) is 0 Å². The highest BCUT2D eigenvalue weighted by Crippen LogP contribution is 2.27. The zero-order chi connectivity index (χ0) is 15.5. The first-order valence-corrected chi connectivity index (χ1v) is 7.96. The molecule has 0 spiro atoms. The molecule has 1 atom stereocenters. The summed E-state index contributed by atoms with van der Waals surface area (Å²) in [5, 5.41) is 6.48. The quantitative estimate of drug-likeness (QED) is 0.886. The summed E-state index contributed by atoms with van der Waals surface area (Å²) in [5.74, 6) is 0.536. The molecule has 0 aromatic heterocycles. The molecule has 2 N–H and O–H groups in total. The van der Waals surface area contributed by atoms with Crippen LogP contribution in [0.4, 0.5) is 5.69 Å². The first-order valence-electron chi connectivity index (χ1n) is 7.96. The lowest BCUT2D eigenvalue weighted by molar-refractivity contribution is -0.117. The lowest BCUT2D eigenvalue weighted by Crippen LogP contribution is -2.26. The molecule has 1 aromatic carbocycles. The molecule has 0 aliphatic carbocycles. The second kappa shape index (κ2) is 6.61. The highest BCUT2D eigenvalue weighted by Gasteiger charge is 2.19. The average molecular weight is 288 g/mol. The Morgan fingerprint density at radius 3 is 2.86 bits per heavy atom. The van der Waals surface area contributed by atoms with Crippen LogP contribution in [0.1, 0.15) is 51.7 Å². The zero-order valence-corrected chi connectivity index (χ0v) is 13.8. The van der Waals surface area contributed by atoms with Crippen LogP contribution in [-0.4, -0.2) is 12.5 Å². The van der Waals surface area contributed by atoms with Gasteiger partial charge in [-0.2, -0.15) is 0 Å². The summed E-state index contributed by atoms with van der Waals surface area (Å²) >= 11 is 0. The van der Waals surface area contributed by atoms with Crippen molar-refractivity contribution >= 4 is 11.6 Å². The Kier molecular flexibility index (Phi) is 5.04. The van der Waals surface area contributed by atoms with E-state index in [4.69, 9.17) is 0 Å². The van der Waals surface area contributed by atoms with Gasteiger partial charge in [-0.3, -0.25) is 4.79 Å². The largest absolute Gasteiger partial charge is 0.326 e. The number of benzene rings is 1. The second-order valence-corrected chi connectivity index (χ2v) is 7.49. The molecule has 1 aromatic rings. The Hall–Kier alpha value is -1.35. The molecular weight excluding hydrogens is 260 g/mol. The highest BCUT2D eigenvalue weighted by atomic mass is 16.1. The Bertz CT molecular complexity index is 502. The second-order valence-electron chi connectivity index (χ2n) is 7.49. The van der Waals surface area contributed by atoms with E-state index in [2.05, 4.69) is 44.4 Å². The summed E-state index contributed by atoms with van der Waals surface area (Å²) in [6.45, 7) is 10.7. The van der Waals surface area contributed by atoms with Gasteiger partial charge in [-0.05, 0) is 47.9 Å². The molecule has 1 unspecified atom stereocenters. The first-order chi connectivity index (χ1) is 9.85. The van der Waals surface area contributed by atoms with Crippen molar-refractivity contribution in [1.29, 1.82) is 0 Å². The van der Waals surface area contributed by atoms with Crippen molar-refractivity contribution in [2.24, 2.45) is 11.3 Å². The molecule has 1 heterocycles. The standard InChI is InChI=1S/C18H28N2O/c1-13(11-18(2,3)4)10-17(21)20-16-7-5-6-14-8-9-19-12-15(14)16/h5-7,13,19H,8-12H2,1-4H3,(H,20,21). The van der Waals surface area contributed by atoms with Gasteiger partial charge in [0.2, 0.25) is 5.91 Å². The van der Waals surface area contributed by atoms with E-state index >= 15 is 0 Å². The van der Waals surface area contributed by atoms with Crippen molar-refractivity contribution < 1.29 is 4.79 Å². The van der Waals surface area contributed by atoms with Crippen LogP contribution in [0.25, 0.3) is 0 Å². The van der Waals surface area contributed by atoms with E-state index in [1.54, 1.807) is 0 Å². The zero-order valence-electron chi connectivity index (χ0n) is 13.8. The number of amides is 1. The summed E-state index contributed by atoms with van der Waals surface area (Å²) in [7, 11) is 0. The van der Waals surface area contributed by atoms with E-state index in [-0.39, 0.29) is 11.3 Å². The van der Waals surface area contributed by atoms with E-state index in [1.807, 2.05) is 12.1 Å². The minimum atomic E-state index is 0.130. The van der Waals surface area contributed by atoms with E-state index in [0.29, 0.717) is 12.3 Å². The monoisotopic (exact) mass is 288 g/mol. The van der Waals surface area contributed by atoms with Crippen molar-refractivity contribution in [3.05, 3.63) is 29.3 Å². The molecule has 2 rings (SSSR count). The molecule has 0 saturated carbocycles. The molecular formula is C18H28N2O. The maximum atomic E-state index is 12.3. The van der Waals surface area contributed by atoms with Gasteiger partial charge in [0.1, 0.15) is 0 Å². The fourth-order valence-electron chi connectivity index (χ4n) is 3.27. The van der Waals surface area contributed by atoms with Crippen LogP contribution in [0.15, 0.2) is 18.2 Å². The number of rotatable bonds is 4. The fraction of sp³-hybridized carbons (Fsp3) is 0.611. The van der Waals surface area contributed by atoms with Crippen molar-refractivity contribution in [3.63, 3.8) is 0 Å². The third-order valence-corrected chi connectivity index (χ3v) is 3.91. The van der Waals surface area contributed by atoms with E-state index in [1.165, 1.54) is 11.1 Å². The number of nitrogens with one attached hydrogen (secondary N) is 2. The van der Waals surface area contributed by atoms with Crippen molar-refractivity contribution in [2.45, 2.75) is 53.5 Å². The predicted molar refractivity (Wildman–Crippen MR) is 88.3 cm³/mol. The maximum Gasteiger partial charge on any atom is 0.224 e. The van der Waals surface area contributed by atoms with Crippen LogP contribution in [0.3, 0.4) is 0 Å². The van der Waals surface area contributed by atoms with Crippen LogP contribution in [0.5, 0.6) is 0 Å². The van der Waals surface area contributed by atoms with Gasteiger partial charge in [0.25, 0.3) is 0 Å². The Morgan fingerprint density at radius 1 is 1.38 bits per heavy atom. The van der Waals surface area contributed by atoms with Gasteiger partial charge in [-0.15, -0.1) is 0 Å². The number of carbonyl (C=O) groups is 1. The summed E-state index contributed by atoms with van der Waals surface area (Å²) in [5.41, 5.74) is 3.86. The van der Waals surface area contributed by atoms with Crippen LogP contribution >= 0.6 is 0 Å². The van der Waals surface area contributed by atoms with Crippen LogP contribution < -0.4 is 10.6 Å². The fourth-order valence-corrected chi connectivity index (χ4v) is 3.27. The minimum absolute atomic E-state index is 0.130.